The van der Waals surface area contributed by atoms with E-state index in [1.807, 2.05) is 68.4 Å². The SMILES string of the molecule is Cc1cccc2cc(C(O)C(C)c3ccccc3)oc12. The highest BCUT2D eigenvalue weighted by atomic mass is 16.4. The van der Waals surface area contributed by atoms with E-state index in [4.69, 9.17) is 4.42 Å². The summed E-state index contributed by atoms with van der Waals surface area (Å²) in [6, 6.07) is 18.0. The third-order valence-corrected chi connectivity index (χ3v) is 3.85. The lowest BCUT2D eigenvalue weighted by atomic mass is 9.94. The van der Waals surface area contributed by atoms with Crippen molar-refractivity contribution in [3.63, 3.8) is 0 Å². The molecule has 102 valence electrons. The first-order valence-electron chi connectivity index (χ1n) is 6.89. The van der Waals surface area contributed by atoms with Crippen LogP contribution < -0.4 is 0 Å². The molecule has 2 atom stereocenters. The van der Waals surface area contributed by atoms with E-state index in [0.717, 1.165) is 22.1 Å². The highest BCUT2D eigenvalue weighted by molar-refractivity contribution is 5.81. The van der Waals surface area contributed by atoms with Crippen LogP contribution in [0.15, 0.2) is 59.0 Å². The molecular formula is C18H18O2. The number of benzene rings is 2. The lowest BCUT2D eigenvalue weighted by Crippen LogP contribution is -2.06. The molecule has 0 saturated heterocycles. The fourth-order valence-electron chi connectivity index (χ4n) is 2.56. The number of hydrogen-bond acceptors (Lipinski definition) is 2. The highest BCUT2D eigenvalue weighted by Gasteiger charge is 2.22. The Morgan fingerprint density at radius 3 is 2.45 bits per heavy atom. The number of hydrogen-bond donors (Lipinski definition) is 1. The predicted molar refractivity (Wildman–Crippen MR) is 80.8 cm³/mol. The molecule has 2 aromatic carbocycles. The third kappa shape index (κ3) is 2.23. The van der Waals surface area contributed by atoms with Gasteiger partial charge < -0.3 is 9.52 Å². The quantitative estimate of drug-likeness (QED) is 0.752. The summed E-state index contributed by atoms with van der Waals surface area (Å²) in [7, 11) is 0. The number of rotatable bonds is 3. The normalized spacial score (nSPS) is 14.3. The zero-order valence-electron chi connectivity index (χ0n) is 11.7. The Labute approximate surface area is 118 Å². The van der Waals surface area contributed by atoms with Gasteiger partial charge in [-0.15, -0.1) is 0 Å². The molecule has 0 bridgehead atoms. The first-order valence-corrected chi connectivity index (χ1v) is 6.89. The number of aliphatic hydroxyl groups excluding tert-OH is 1. The van der Waals surface area contributed by atoms with Crippen molar-refractivity contribution >= 4 is 11.0 Å². The number of para-hydroxylation sites is 1. The van der Waals surface area contributed by atoms with Gasteiger partial charge in [-0.2, -0.15) is 0 Å². The summed E-state index contributed by atoms with van der Waals surface area (Å²) in [6.45, 7) is 4.03. The van der Waals surface area contributed by atoms with Gasteiger partial charge in [0.2, 0.25) is 0 Å². The molecule has 0 aliphatic heterocycles. The number of aryl methyl sites for hydroxylation is 1. The molecule has 20 heavy (non-hydrogen) atoms. The fraction of sp³-hybridized carbons (Fsp3) is 0.222. The molecule has 2 heteroatoms. The summed E-state index contributed by atoms with van der Waals surface area (Å²) in [6.07, 6.45) is -0.635. The van der Waals surface area contributed by atoms with E-state index in [9.17, 15) is 5.11 Å². The summed E-state index contributed by atoms with van der Waals surface area (Å²) in [5.41, 5.74) is 3.06. The van der Waals surface area contributed by atoms with Crippen LogP contribution in [0.25, 0.3) is 11.0 Å². The molecule has 1 aromatic heterocycles. The Bertz CT molecular complexity index is 713. The Balaban J connectivity index is 1.96. The van der Waals surface area contributed by atoms with E-state index in [2.05, 4.69) is 0 Å². The summed E-state index contributed by atoms with van der Waals surface area (Å²) in [5, 5.41) is 11.6. The molecule has 1 N–H and O–H groups in total. The Morgan fingerprint density at radius 2 is 1.75 bits per heavy atom. The summed E-state index contributed by atoms with van der Waals surface area (Å²) in [4.78, 5) is 0. The van der Waals surface area contributed by atoms with E-state index in [1.54, 1.807) is 0 Å². The van der Waals surface area contributed by atoms with Crippen molar-refractivity contribution in [1.82, 2.24) is 0 Å². The van der Waals surface area contributed by atoms with Gasteiger partial charge in [-0.05, 0) is 24.1 Å². The fourth-order valence-corrected chi connectivity index (χ4v) is 2.56. The third-order valence-electron chi connectivity index (χ3n) is 3.85. The first-order chi connectivity index (χ1) is 9.66. The van der Waals surface area contributed by atoms with E-state index in [0.29, 0.717) is 5.76 Å². The van der Waals surface area contributed by atoms with E-state index < -0.39 is 6.10 Å². The predicted octanol–water partition coefficient (Wildman–Crippen LogP) is 4.58. The molecule has 0 aliphatic carbocycles. The molecule has 3 rings (SSSR count). The molecule has 1 heterocycles. The van der Waals surface area contributed by atoms with Crippen LogP contribution in [-0.4, -0.2) is 5.11 Å². The summed E-state index contributed by atoms with van der Waals surface area (Å²) < 4.78 is 5.85. The van der Waals surface area contributed by atoms with Crippen molar-refractivity contribution in [1.29, 1.82) is 0 Å². The summed E-state index contributed by atoms with van der Waals surface area (Å²) >= 11 is 0. The van der Waals surface area contributed by atoms with Crippen molar-refractivity contribution < 1.29 is 9.52 Å². The maximum Gasteiger partial charge on any atom is 0.137 e. The van der Waals surface area contributed by atoms with Gasteiger partial charge in [0.25, 0.3) is 0 Å². The van der Waals surface area contributed by atoms with Gasteiger partial charge in [-0.25, -0.2) is 0 Å². The first kappa shape index (κ1) is 12.9. The molecule has 0 aliphatic rings. The zero-order chi connectivity index (χ0) is 14.1. The standard InChI is InChI=1S/C18H18O2/c1-12-7-6-10-15-11-16(20-18(12)15)17(19)13(2)14-8-4-3-5-9-14/h3-11,13,17,19H,1-2H3. The second kappa shape index (κ2) is 5.14. The monoisotopic (exact) mass is 266 g/mol. The lowest BCUT2D eigenvalue weighted by molar-refractivity contribution is 0.127. The number of fused-ring (bicyclic) bond motifs is 1. The minimum absolute atomic E-state index is 0.00271. The van der Waals surface area contributed by atoms with Crippen LogP contribution in [0.5, 0.6) is 0 Å². The molecule has 0 saturated carbocycles. The minimum Gasteiger partial charge on any atom is -0.458 e. The van der Waals surface area contributed by atoms with Gasteiger partial charge in [-0.3, -0.25) is 0 Å². The van der Waals surface area contributed by atoms with Crippen molar-refractivity contribution in [2.45, 2.75) is 25.9 Å². The Kier molecular flexibility index (Phi) is 3.33. The molecule has 0 radical (unpaired) electrons. The van der Waals surface area contributed by atoms with E-state index in [-0.39, 0.29) is 5.92 Å². The van der Waals surface area contributed by atoms with Crippen molar-refractivity contribution in [3.05, 3.63) is 71.5 Å². The van der Waals surface area contributed by atoms with Gasteiger partial charge in [0.15, 0.2) is 0 Å². The van der Waals surface area contributed by atoms with E-state index in [1.165, 1.54) is 0 Å². The average molecular weight is 266 g/mol. The van der Waals surface area contributed by atoms with Gasteiger partial charge >= 0.3 is 0 Å². The van der Waals surface area contributed by atoms with Crippen molar-refractivity contribution in [2.75, 3.05) is 0 Å². The number of furan rings is 1. The molecule has 2 unspecified atom stereocenters. The van der Waals surface area contributed by atoms with Crippen LogP contribution in [0.3, 0.4) is 0 Å². The molecule has 0 amide bonds. The Hall–Kier alpha value is -2.06. The minimum atomic E-state index is -0.635. The summed E-state index contributed by atoms with van der Waals surface area (Å²) in [5.74, 6) is 0.628. The van der Waals surface area contributed by atoms with Crippen LogP contribution in [0, 0.1) is 6.92 Å². The van der Waals surface area contributed by atoms with Crippen molar-refractivity contribution in [3.8, 4) is 0 Å². The van der Waals surface area contributed by atoms with Crippen LogP contribution in [0.4, 0.5) is 0 Å². The maximum atomic E-state index is 10.5. The maximum absolute atomic E-state index is 10.5. The highest BCUT2D eigenvalue weighted by Crippen LogP contribution is 2.34. The van der Waals surface area contributed by atoms with Crippen molar-refractivity contribution in [2.24, 2.45) is 0 Å². The second-order valence-corrected chi connectivity index (χ2v) is 5.29. The van der Waals surface area contributed by atoms with E-state index >= 15 is 0 Å². The molecule has 3 aromatic rings. The van der Waals surface area contributed by atoms with Gasteiger partial charge in [0.05, 0.1) is 0 Å². The molecule has 0 spiro atoms. The van der Waals surface area contributed by atoms with Crippen LogP contribution in [0.2, 0.25) is 0 Å². The van der Waals surface area contributed by atoms with Gasteiger partial charge in [0, 0.05) is 11.3 Å². The number of aliphatic hydroxyl groups is 1. The Morgan fingerprint density at radius 1 is 1.00 bits per heavy atom. The van der Waals surface area contributed by atoms with Gasteiger partial charge in [0.1, 0.15) is 17.4 Å². The largest absolute Gasteiger partial charge is 0.458 e. The lowest BCUT2D eigenvalue weighted by Gasteiger charge is -2.17. The van der Waals surface area contributed by atoms with Crippen LogP contribution in [0.1, 0.15) is 35.8 Å². The van der Waals surface area contributed by atoms with Crippen LogP contribution >= 0.6 is 0 Å². The average Bonchev–Trinajstić information content (AvgIpc) is 2.92. The molecule has 2 nitrogen and oxygen atoms in total. The molecular weight excluding hydrogens is 248 g/mol. The van der Waals surface area contributed by atoms with Crippen LogP contribution in [-0.2, 0) is 0 Å². The van der Waals surface area contributed by atoms with Gasteiger partial charge in [-0.1, -0.05) is 55.5 Å². The smallest absolute Gasteiger partial charge is 0.137 e. The zero-order valence-corrected chi connectivity index (χ0v) is 11.7. The molecule has 0 fully saturated rings. The second-order valence-electron chi connectivity index (χ2n) is 5.29. The topological polar surface area (TPSA) is 33.4 Å².